The summed E-state index contributed by atoms with van der Waals surface area (Å²) in [4.78, 5) is 76.7. The van der Waals surface area contributed by atoms with Gasteiger partial charge in [0.15, 0.2) is 0 Å². The molecule has 0 radical (unpaired) electrons. The van der Waals surface area contributed by atoms with E-state index < -0.39 is 59.7 Å². The lowest BCUT2D eigenvalue weighted by Crippen LogP contribution is -2.57. The smallest absolute Gasteiger partial charge is 0.326 e. The van der Waals surface area contributed by atoms with Gasteiger partial charge in [-0.3, -0.25) is 24.0 Å². The molecule has 0 aliphatic rings. The van der Waals surface area contributed by atoms with E-state index in [1.54, 1.807) is 20.0 Å². The van der Waals surface area contributed by atoms with Crippen molar-refractivity contribution in [1.82, 2.24) is 20.9 Å². The molecule has 0 saturated carbocycles. The fraction of sp³-hybridized carbons (Fsp3) is 0.481. The highest BCUT2D eigenvalue weighted by Gasteiger charge is 2.31. The fourth-order valence-corrected chi connectivity index (χ4v) is 4.26. The minimum absolute atomic E-state index is 0.0584. The predicted molar refractivity (Wildman–Crippen MR) is 150 cm³/mol. The standard InChI is InChI=1S/C27H39N7O7/c1-14(2)11-21(27(40)41)34-26(39)20(8-10-23(30)36)33-25(38)19(7-9-22(29)35)32-24(37)17(28)12-15-13-31-18-6-4-3-5-16(15)18/h3-6,13-14,17,19-21,31H,7-12,28H2,1-2H3,(H2,29,35)(H2,30,36)(H,32,37)(H,33,38)(H,34,39)(H,40,41). The van der Waals surface area contributed by atoms with Gasteiger partial charge in [0, 0.05) is 29.9 Å². The van der Waals surface area contributed by atoms with Crippen molar-refractivity contribution in [2.24, 2.45) is 23.1 Å². The number of carbonyl (C=O) groups is 6. The van der Waals surface area contributed by atoms with E-state index in [0.29, 0.717) is 0 Å². The zero-order valence-corrected chi connectivity index (χ0v) is 23.1. The fourth-order valence-electron chi connectivity index (χ4n) is 4.26. The van der Waals surface area contributed by atoms with Crippen LogP contribution in [0.25, 0.3) is 10.9 Å². The molecule has 1 aromatic carbocycles. The first-order valence-corrected chi connectivity index (χ1v) is 13.3. The lowest BCUT2D eigenvalue weighted by atomic mass is 10.0. The summed E-state index contributed by atoms with van der Waals surface area (Å²) in [7, 11) is 0. The average molecular weight is 574 g/mol. The van der Waals surface area contributed by atoms with Gasteiger partial charge in [0.05, 0.1) is 6.04 Å². The number of aliphatic carboxylic acids is 1. The number of rotatable bonds is 17. The molecule has 0 saturated heterocycles. The van der Waals surface area contributed by atoms with Gasteiger partial charge in [-0.25, -0.2) is 4.79 Å². The van der Waals surface area contributed by atoms with E-state index in [1.165, 1.54) is 0 Å². The van der Waals surface area contributed by atoms with Crippen molar-refractivity contribution < 1.29 is 33.9 Å². The van der Waals surface area contributed by atoms with Crippen LogP contribution in [0.15, 0.2) is 30.5 Å². The lowest BCUT2D eigenvalue weighted by Gasteiger charge is -2.25. The first-order valence-electron chi connectivity index (χ1n) is 13.3. The summed E-state index contributed by atoms with van der Waals surface area (Å²) in [6.07, 6.45) is 1.05. The lowest BCUT2D eigenvalue weighted by molar-refractivity contribution is -0.143. The van der Waals surface area contributed by atoms with E-state index in [-0.39, 0.29) is 44.4 Å². The number of carbonyl (C=O) groups excluding carboxylic acids is 5. The Morgan fingerprint density at radius 2 is 1.34 bits per heavy atom. The van der Waals surface area contributed by atoms with Crippen LogP contribution in [0.4, 0.5) is 0 Å². The molecule has 4 unspecified atom stereocenters. The van der Waals surface area contributed by atoms with Crippen molar-refractivity contribution in [1.29, 1.82) is 0 Å². The third kappa shape index (κ3) is 10.6. The Labute approximate surface area is 237 Å². The number of hydrogen-bond donors (Lipinski definition) is 8. The maximum absolute atomic E-state index is 13.2. The highest BCUT2D eigenvalue weighted by Crippen LogP contribution is 2.19. The quantitative estimate of drug-likeness (QED) is 0.118. The van der Waals surface area contributed by atoms with Gasteiger partial charge in [-0.15, -0.1) is 0 Å². The van der Waals surface area contributed by atoms with Gasteiger partial charge in [0.1, 0.15) is 18.1 Å². The monoisotopic (exact) mass is 573 g/mol. The van der Waals surface area contributed by atoms with Crippen LogP contribution < -0.4 is 33.2 Å². The van der Waals surface area contributed by atoms with Crippen molar-refractivity contribution in [3.8, 4) is 0 Å². The van der Waals surface area contributed by atoms with Crippen LogP contribution >= 0.6 is 0 Å². The third-order valence-electron chi connectivity index (χ3n) is 6.40. The SMILES string of the molecule is CC(C)CC(NC(=O)C(CCC(N)=O)NC(=O)C(CCC(N)=O)NC(=O)C(N)Cc1c[nH]c2ccccc12)C(=O)O. The summed E-state index contributed by atoms with van der Waals surface area (Å²) < 4.78 is 0. The van der Waals surface area contributed by atoms with Crippen LogP contribution in [-0.2, 0) is 35.2 Å². The second-order valence-corrected chi connectivity index (χ2v) is 10.3. The summed E-state index contributed by atoms with van der Waals surface area (Å²) in [5.74, 6) is -5.15. The number of carboxylic acids is 1. The van der Waals surface area contributed by atoms with Crippen LogP contribution in [0.5, 0.6) is 0 Å². The number of fused-ring (bicyclic) bond motifs is 1. The van der Waals surface area contributed by atoms with Crippen molar-refractivity contribution in [2.45, 2.75) is 76.5 Å². The molecule has 1 heterocycles. The van der Waals surface area contributed by atoms with E-state index in [9.17, 15) is 33.9 Å². The molecule has 2 aromatic rings. The van der Waals surface area contributed by atoms with Gasteiger partial charge in [0.25, 0.3) is 0 Å². The van der Waals surface area contributed by atoms with E-state index in [2.05, 4.69) is 20.9 Å². The number of H-pyrrole nitrogens is 1. The largest absolute Gasteiger partial charge is 0.480 e. The molecule has 11 N–H and O–H groups in total. The molecule has 224 valence electrons. The Morgan fingerprint density at radius 3 is 1.85 bits per heavy atom. The predicted octanol–water partition coefficient (Wildman–Crippen LogP) is -0.846. The van der Waals surface area contributed by atoms with E-state index in [1.807, 2.05) is 24.3 Å². The molecule has 0 bridgehead atoms. The normalized spacial score (nSPS) is 14.0. The Morgan fingerprint density at radius 1 is 0.829 bits per heavy atom. The Balaban J connectivity index is 2.17. The number of carboxylic acid groups (broad SMARTS) is 1. The highest BCUT2D eigenvalue weighted by atomic mass is 16.4. The number of nitrogens with one attached hydrogen (secondary N) is 4. The van der Waals surface area contributed by atoms with Gasteiger partial charge in [0.2, 0.25) is 29.5 Å². The Bertz CT molecular complexity index is 1260. The van der Waals surface area contributed by atoms with Gasteiger partial charge < -0.3 is 43.2 Å². The van der Waals surface area contributed by atoms with Crippen molar-refractivity contribution in [3.63, 3.8) is 0 Å². The van der Waals surface area contributed by atoms with Crippen LogP contribution in [0.3, 0.4) is 0 Å². The number of benzene rings is 1. The van der Waals surface area contributed by atoms with Crippen LogP contribution in [0.2, 0.25) is 0 Å². The molecule has 14 heteroatoms. The van der Waals surface area contributed by atoms with E-state index >= 15 is 0 Å². The maximum atomic E-state index is 13.2. The molecule has 2 rings (SSSR count). The second-order valence-electron chi connectivity index (χ2n) is 10.3. The van der Waals surface area contributed by atoms with Crippen LogP contribution in [0, 0.1) is 5.92 Å². The molecular weight excluding hydrogens is 534 g/mol. The Hall–Kier alpha value is -4.46. The zero-order chi connectivity index (χ0) is 30.7. The minimum atomic E-state index is -1.35. The van der Waals surface area contributed by atoms with Crippen molar-refractivity contribution in [3.05, 3.63) is 36.0 Å². The zero-order valence-electron chi connectivity index (χ0n) is 23.1. The third-order valence-corrected chi connectivity index (χ3v) is 6.40. The van der Waals surface area contributed by atoms with Gasteiger partial charge in [-0.2, -0.15) is 0 Å². The van der Waals surface area contributed by atoms with Gasteiger partial charge >= 0.3 is 5.97 Å². The second kappa shape index (κ2) is 15.4. The number of hydrogen-bond acceptors (Lipinski definition) is 7. The number of nitrogens with two attached hydrogens (primary N) is 3. The molecule has 0 aliphatic heterocycles. The first kappa shape index (κ1) is 32.8. The molecule has 5 amide bonds. The molecule has 1 aromatic heterocycles. The topological polar surface area (TPSA) is 253 Å². The summed E-state index contributed by atoms with van der Waals surface area (Å²) in [5.41, 5.74) is 18.3. The molecule has 4 atom stereocenters. The number of primary amides is 2. The molecule has 0 spiro atoms. The molecule has 0 fully saturated rings. The highest BCUT2D eigenvalue weighted by molar-refractivity contribution is 5.95. The van der Waals surface area contributed by atoms with Crippen LogP contribution in [-0.4, -0.2) is 69.8 Å². The van der Waals surface area contributed by atoms with E-state index in [0.717, 1.165) is 16.5 Å². The number of aromatic nitrogens is 1. The molecule has 14 nitrogen and oxygen atoms in total. The number of para-hydroxylation sites is 1. The molecule has 41 heavy (non-hydrogen) atoms. The number of amides is 5. The molecule has 0 aliphatic carbocycles. The van der Waals surface area contributed by atoms with Crippen LogP contribution in [0.1, 0.15) is 51.5 Å². The average Bonchev–Trinajstić information content (AvgIpc) is 3.30. The first-order chi connectivity index (χ1) is 19.3. The summed E-state index contributed by atoms with van der Waals surface area (Å²) in [6.45, 7) is 3.56. The van der Waals surface area contributed by atoms with Gasteiger partial charge in [-0.1, -0.05) is 32.0 Å². The van der Waals surface area contributed by atoms with Gasteiger partial charge in [-0.05, 0) is 43.2 Å². The summed E-state index contributed by atoms with van der Waals surface area (Å²) in [6, 6.07) is 2.52. The van der Waals surface area contributed by atoms with Crippen molar-refractivity contribution >= 4 is 46.4 Å². The Kier molecular flexibility index (Phi) is 12.3. The molecular formula is C27H39N7O7. The van der Waals surface area contributed by atoms with Crippen molar-refractivity contribution in [2.75, 3.05) is 0 Å². The number of aromatic amines is 1. The minimum Gasteiger partial charge on any atom is -0.480 e. The van der Waals surface area contributed by atoms with E-state index in [4.69, 9.17) is 17.2 Å². The summed E-state index contributed by atoms with van der Waals surface area (Å²) in [5, 5.41) is 17.7. The summed E-state index contributed by atoms with van der Waals surface area (Å²) >= 11 is 0. The maximum Gasteiger partial charge on any atom is 0.326 e.